The Bertz CT molecular complexity index is 1510. The van der Waals surface area contributed by atoms with Gasteiger partial charge >= 0.3 is 0 Å². The maximum atomic E-state index is 13.5. The molecule has 1 aliphatic heterocycles. The van der Waals surface area contributed by atoms with Gasteiger partial charge in [-0.1, -0.05) is 19.4 Å². The summed E-state index contributed by atoms with van der Waals surface area (Å²) < 4.78 is 32.8. The average molecular weight is 629 g/mol. The van der Waals surface area contributed by atoms with E-state index in [1.807, 2.05) is 26.0 Å². The van der Waals surface area contributed by atoms with Crippen molar-refractivity contribution in [2.75, 3.05) is 22.9 Å². The number of aromatic nitrogens is 1. The van der Waals surface area contributed by atoms with Gasteiger partial charge in [0, 0.05) is 52.1 Å². The van der Waals surface area contributed by atoms with E-state index in [1.54, 1.807) is 12.1 Å². The molecule has 0 amide bonds. The van der Waals surface area contributed by atoms with Gasteiger partial charge in [0.05, 0.1) is 30.5 Å². The zero-order valence-corrected chi connectivity index (χ0v) is 25.5. The summed E-state index contributed by atoms with van der Waals surface area (Å²) in [7, 11) is -3.50. The van der Waals surface area contributed by atoms with Gasteiger partial charge in [-0.25, -0.2) is 13.4 Å². The highest BCUT2D eigenvalue weighted by molar-refractivity contribution is 9.10. The third-order valence-electron chi connectivity index (χ3n) is 7.17. The number of rotatable bonds is 10. The molecule has 3 atom stereocenters. The number of hydrogen-bond donors (Lipinski definition) is 2. The molecule has 2 heterocycles. The number of carbonyl (C=O) groups excluding carboxylic acids is 1. The van der Waals surface area contributed by atoms with Crippen molar-refractivity contribution >= 4 is 49.0 Å². The number of aliphatic imine (C=N–C) groups is 1. The first-order valence-corrected chi connectivity index (χ1v) is 16.1. The van der Waals surface area contributed by atoms with Gasteiger partial charge in [0.25, 0.3) is 0 Å². The van der Waals surface area contributed by atoms with Gasteiger partial charge in [-0.05, 0) is 72.3 Å². The number of halogens is 1. The summed E-state index contributed by atoms with van der Waals surface area (Å²) in [5.74, 6) is 0.138. The zero-order valence-electron chi connectivity index (χ0n) is 23.1. The highest BCUT2D eigenvalue weighted by Crippen LogP contribution is 2.47. The third-order valence-corrected chi connectivity index (χ3v) is 8.36. The summed E-state index contributed by atoms with van der Waals surface area (Å²) >= 11 is 3.68. The minimum Gasteiger partial charge on any atom is -0.492 e. The number of hydrogen-bond acceptors (Lipinski definition) is 8. The first kappa shape index (κ1) is 29.7. The van der Waals surface area contributed by atoms with Gasteiger partial charge in [-0.15, -0.1) is 0 Å². The fraction of sp³-hybridized carbons (Fsp3) is 0.448. The van der Waals surface area contributed by atoms with Gasteiger partial charge in [-0.3, -0.25) is 14.5 Å². The molecule has 0 fully saturated rings. The number of ketones is 1. The van der Waals surface area contributed by atoms with Crippen LogP contribution in [0.2, 0.25) is 0 Å². The van der Waals surface area contributed by atoms with Crippen molar-refractivity contribution in [2.45, 2.75) is 58.9 Å². The predicted molar refractivity (Wildman–Crippen MR) is 160 cm³/mol. The maximum absolute atomic E-state index is 13.5. The first-order chi connectivity index (χ1) is 19.1. The van der Waals surface area contributed by atoms with Crippen molar-refractivity contribution in [3.8, 4) is 11.8 Å². The van der Waals surface area contributed by atoms with E-state index in [0.29, 0.717) is 40.1 Å². The van der Waals surface area contributed by atoms with E-state index >= 15 is 0 Å². The number of nitriles is 1. The lowest BCUT2D eigenvalue weighted by Gasteiger charge is -2.35. The molecule has 0 bridgehead atoms. The topological polar surface area (TPSA) is 134 Å². The number of pyridine rings is 1. The van der Waals surface area contributed by atoms with Crippen LogP contribution in [0, 0.1) is 23.2 Å². The number of carbonyl (C=O) groups is 1. The molecule has 1 aromatic carbocycles. The van der Waals surface area contributed by atoms with Gasteiger partial charge < -0.3 is 10.1 Å². The predicted octanol–water partition coefficient (Wildman–Crippen LogP) is 5.96. The Kier molecular flexibility index (Phi) is 9.31. The quantitative estimate of drug-likeness (QED) is 0.332. The van der Waals surface area contributed by atoms with Crippen molar-refractivity contribution in [3.63, 3.8) is 0 Å². The molecule has 0 spiro atoms. The Morgan fingerprint density at radius 1 is 1.25 bits per heavy atom. The number of sulfonamides is 1. The van der Waals surface area contributed by atoms with Crippen LogP contribution in [-0.2, 0) is 21.4 Å². The summed E-state index contributed by atoms with van der Waals surface area (Å²) in [6, 6.07) is 9.73. The minimum absolute atomic E-state index is 0.0694. The second kappa shape index (κ2) is 12.5. The molecule has 212 valence electrons. The Hall–Kier alpha value is -3.23. The fourth-order valence-corrected chi connectivity index (χ4v) is 6.67. The second-order valence-corrected chi connectivity index (χ2v) is 12.8. The van der Waals surface area contributed by atoms with Crippen LogP contribution in [-0.4, -0.2) is 37.8 Å². The van der Waals surface area contributed by atoms with Gasteiger partial charge in [0.15, 0.2) is 5.78 Å². The largest absolute Gasteiger partial charge is 0.492 e. The van der Waals surface area contributed by atoms with Crippen LogP contribution in [0.4, 0.5) is 11.5 Å². The summed E-state index contributed by atoms with van der Waals surface area (Å²) in [4.78, 5) is 22.4. The number of anilines is 2. The fourth-order valence-electron chi connectivity index (χ4n) is 5.53. The lowest BCUT2D eigenvalue weighted by Crippen LogP contribution is -2.32. The van der Waals surface area contributed by atoms with Gasteiger partial charge in [0.1, 0.15) is 11.6 Å². The molecule has 2 N–H and O–H groups in total. The molecule has 11 heteroatoms. The highest BCUT2D eigenvalue weighted by atomic mass is 79.9. The van der Waals surface area contributed by atoms with E-state index in [0.717, 1.165) is 42.5 Å². The Labute approximate surface area is 244 Å². The van der Waals surface area contributed by atoms with E-state index in [2.05, 4.69) is 43.9 Å². The number of nitrogens with zero attached hydrogens (tertiary/aromatic N) is 3. The molecule has 0 saturated carbocycles. The molecule has 1 aliphatic carbocycles. The number of benzene rings is 1. The Morgan fingerprint density at radius 2 is 2.02 bits per heavy atom. The van der Waals surface area contributed by atoms with Gasteiger partial charge in [0.2, 0.25) is 10.0 Å². The van der Waals surface area contributed by atoms with E-state index < -0.39 is 21.9 Å². The monoisotopic (exact) mass is 627 g/mol. The van der Waals surface area contributed by atoms with E-state index in [9.17, 15) is 18.5 Å². The molecule has 3 unspecified atom stereocenters. The molecule has 2 aliphatic rings. The average Bonchev–Trinajstić information content (AvgIpc) is 2.87. The first-order valence-electron chi connectivity index (χ1n) is 13.4. The minimum atomic E-state index is -3.50. The van der Waals surface area contributed by atoms with Crippen molar-refractivity contribution < 1.29 is 17.9 Å². The Balaban J connectivity index is 1.72. The number of allylic oxidation sites excluding steroid dienone is 2. The summed E-state index contributed by atoms with van der Waals surface area (Å²) in [5.41, 5.74) is 4.29. The lowest BCUT2D eigenvalue weighted by atomic mass is 9.70. The smallest absolute Gasteiger partial charge is 0.230 e. The SMILES string of the molecule is CCCC1CC(=O)C2=C(C1)N=C(C)C(C#N)C2c1cc(Br)c(NCc2cccnc2NS(C)(=O)=O)c(OCC)c1. The maximum Gasteiger partial charge on any atom is 0.230 e. The zero-order chi connectivity index (χ0) is 29.0. The van der Waals surface area contributed by atoms with Crippen LogP contribution in [0.15, 0.2) is 51.2 Å². The van der Waals surface area contributed by atoms with Crippen LogP contribution in [0.5, 0.6) is 5.75 Å². The molecular weight excluding hydrogens is 594 g/mol. The second-order valence-electron chi connectivity index (χ2n) is 10.2. The Morgan fingerprint density at radius 3 is 2.70 bits per heavy atom. The lowest BCUT2D eigenvalue weighted by molar-refractivity contribution is -0.117. The molecule has 4 rings (SSSR count). The summed E-state index contributed by atoms with van der Waals surface area (Å²) in [5, 5.41) is 13.5. The molecule has 2 aromatic rings. The van der Waals surface area contributed by atoms with Gasteiger partial charge in [-0.2, -0.15) is 5.26 Å². The molecule has 1 aromatic heterocycles. The van der Waals surface area contributed by atoms with Crippen LogP contribution in [0.25, 0.3) is 0 Å². The van der Waals surface area contributed by atoms with Crippen molar-refractivity contribution in [1.29, 1.82) is 5.26 Å². The number of nitrogens with one attached hydrogen (secondary N) is 2. The van der Waals surface area contributed by atoms with Crippen molar-refractivity contribution in [3.05, 3.63) is 57.3 Å². The van der Waals surface area contributed by atoms with E-state index in [1.165, 1.54) is 6.20 Å². The molecule has 9 nitrogen and oxygen atoms in total. The normalized spacial score (nSPS) is 20.9. The van der Waals surface area contributed by atoms with Crippen molar-refractivity contribution in [1.82, 2.24) is 4.98 Å². The molecule has 0 saturated heterocycles. The number of Topliss-reactive ketones (excluding diaryl/α,β-unsaturated/α-hetero) is 1. The third kappa shape index (κ3) is 6.56. The highest BCUT2D eigenvalue weighted by Gasteiger charge is 2.41. The van der Waals surface area contributed by atoms with E-state index in [-0.39, 0.29) is 24.1 Å². The van der Waals surface area contributed by atoms with Crippen LogP contribution < -0.4 is 14.8 Å². The molecule has 0 radical (unpaired) electrons. The standard InChI is InChI=1S/C29H34BrN5O4S/c1-5-8-18-11-23-27(24(36)12-18)26(21(15-31)17(3)34-23)20-13-22(30)28(25(14-20)39-6-2)33-16-19-9-7-10-32-29(19)35-40(4,37)38/h7,9-10,13-14,18,21,26,33H,5-6,8,11-12,16H2,1-4H3,(H,32,35). The van der Waals surface area contributed by atoms with Crippen molar-refractivity contribution in [2.24, 2.45) is 16.8 Å². The summed E-state index contributed by atoms with van der Waals surface area (Å²) in [6.07, 6.45) is 5.81. The van der Waals surface area contributed by atoms with E-state index in [4.69, 9.17) is 9.73 Å². The summed E-state index contributed by atoms with van der Waals surface area (Å²) in [6.45, 7) is 6.54. The number of ether oxygens (including phenoxy) is 1. The van der Waals surface area contributed by atoms with Crippen LogP contribution >= 0.6 is 15.9 Å². The van der Waals surface area contributed by atoms with Crippen LogP contribution in [0.1, 0.15) is 63.5 Å². The molecule has 40 heavy (non-hydrogen) atoms. The molecular formula is C29H34BrN5O4S. The van der Waals surface area contributed by atoms with Crippen LogP contribution in [0.3, 0.4) is 0 Å².